The van der Waals surface area contributed by atoms with Crippen LogP contribution in [-0.2, 0) is 6.42 Å². The number of aryl methyl sites for hydroxylation is 1. The Bertz CT molecular complexity index is 625. The van der Waals surface area contributed by atoms with Gasteiger partial charge in [0.1, 0.15) is 17.5 Å². The van der Waals surface area contributed by atoms with E-state index in [0.29, 0.717) is 21.7 Å². The number of benzene rings is 1. The molecule has 0 saturated carbocycles. The maximum atomic E-state index is 6.01. The second kappa shape index (κ2) is 6.93. The topological polar surface area (TPSA) is 75.9 Å². The van der Waals surface area contributed by atoms with Crippen LogP contribution in [0.5, 0.6) is 0 Å². The van der Waals surface area contributed by atoms with Crippen LogP contribution in [-0.4, -0.2) is 9.97 Å². The smallest absolute Gasteiger partial charge is 0.148 e. The number of halogens is 2. The highest BCUT2D eigenvalue weighted by molar-refractivity contribution is 6.35. The van der Waals surface area contributed by atoms with Crippen molar-refractivity contribution >= 4 is 40.5 Å². The Morgan fingerprint density at radius 2 is 1.71 bits per heavy atom. The molecule has 2 rings (SSSR count). The molecule has 21 heavy (non-hydrogen) atoms. The monoisotopic (exact) mass is 325 g/mol. The SMILES string of the molecule is CCCc1nc(NN)c(C)c(Nc2cc(Cl)cc(Cl)c2)n1. The average molecular weight is 326 g/mol. The number of hydrogen-bond donors (Lipinski definition) is 3. The third kappa shape index (κ3) is 3.97. The highest BCUT2D eigenvalue weighted by atomic mass is 35.5. The second-order valence-electron chi connectivity index (χ2n) is 4.64. The zero-order valence-corrected chi connectivity index (χ0v) is 13.4. The van der Waals surface area contributed by atoms with E-state index in [1.165, 1.54) is 0 Å². The van der Waals surface area contributed by atoms with Crippen molar-refractivity contribution in [1.29, 1.82) is 0 Å². The molecule has 0 saturated heterocycles. The van der Waals surface area contributed by atoms with Gasteiger partial charge < -0.3 is 10.7 Å². The van der Waals surface area contributed by atoms with E-state index in [4.69, 9.17) is 29.0 Å². The molecule has 0 aliphatic heterocycles. The van der Waals surface area contributed by atoms with E-state index in [2.05, 4.69) is 27.6 Å². The Balaban J connectivity index is 2.39. The Morgan fingerprint density at radius 3 is 2.29 bits per heavy atom. The quantitative estimate of drug-likeness (QED) is 0.570. The molecule has 1 aromatic carbocycles. The van der Waals surface area contributed by atoms with Gasteiger partial charge in [-0.2, -0.15) is 0 Å². The molecule has 112 valence electrons. The number of hydrogen-bond acceptors (Lipinski definition) is 5. The van der Waals surface area contributed by atoms with Crippen LogP contribution in [0.15, 0.2) is 18.2 Å². The van der Waals surface area contributed by atoms with Gasteiger partial charge in [-0.1, -0.05) is 30.1 Å². The average Bonchev–Trinajstić information content (AvgIpc) is 2.41. The van der Waals surface area contributed by atoms with Crippen molar-refractivity contribution < 1.29 is 0 Å². The van der Waals surface area contributed by atoms with Gasteiger partial charge in [-0.15, -0.1) is 0 Å². The zero-order valence-electron chi connectivity index (χ0n) is 11.9. The molecule has 0 fully saturated rings. The van der Waals surface area contributed by atoms with Crippen molar-refractivity contribution in [3.05, 3.63) is 39.6 Å². The minimum Gasteiger partial charge on any atom is -0.340 e. The van der Waals surface area contributed by atoms with Crippen LogP contribution in [0.3, 0.4) is 0 Å². The van der Waals surface area contributed by atoms with E-state index >= 15 is 0 Å². The summed E-state index contributed by atoms with van der Waals surface area (Å²) in [4.78, 5) is 8.90. The predicted molar refractivity (Wildman–Crippen MR) is 88.3 cm³/mol. The Kier molecular flexibility index (Phi) is 5.22. The van der Waals surface area contributed by atoms with E-state index in [1.54, 1.807) is 18.2 Å². The molecule has 0 bridgehead atoms. The van der Waals surface area contributed by atoms with Gasteiger partial charge in [0.25, 0.3) is 0 Å². The summed E-state index contributed by atoms with van der Waals surface area (Å²) in [5, 5.41) is 4.33. The van der Waals surface area contributed by atoms with Crippen LogP contribution < -0.4 is 16.6 Å². The molecular weight excluding hydrogens is 309 g/mol. The van der Waals surface area contributed by atoms with Gasteiger partial charge in [0, 0.05) is 27.7 Å². The highest BCUT2D eigenvalue weighted by Gasteiger charge is 2.11. The molecule has 0 aliphatic carbocycles. The Hall–Kier alpha value is -1.56. The number of anilines is 3. The standard InChI is InChI=1S/C14H17Cl2N5/c1-3-4-12-19-13(8(2)14(20-12)21-17)18-11-6-9(15)5-10(16)7-11/h5-7H,3-4,17H2,1-2H3,(H2,18,19,20,21). The van der Waals surface area contributed by atoms with Crippen LogP contribution in [0.2, 0.25) is 10.0 Å². The first-order valence-corrected chi connectivity index (χ1v) is 7.36. The lowest BCUT2D eigenvalue weighted by molar-refractivity contribution is 0.833. The first-order valence-electron chi connectivity index (χ1n) is 6.60. The first-order chi connectivity index (χ1) is 10.0. The van der Waals surface area contributed by atoms with Gasteiger partial charge in [-0.3, -0.25) is 0 Å². The number of nitrogens with one attached hydrogen (secondary N) is 2. The summed E-state index contributed by atoms with van der Waals surface area (Å²) in [6.07, 6.45) is 1.73. The highest BCUT2D eigenvalue weighted by Crippen LogP contribution is 2.27. The summed E-state index contributed by atoms with van der Waals surface area (Å²) in [7, 11) is 0. The first kappa shape index (κ1) is 15.8. The zero-order chi connectivity index (χ0) is 15.4. The lowest BCUT2D eigenvalue weighted by Gasteiger charge is -2.14. The van der Waals surface area contributed by atoms with Crippen molar-refractivity contribution in [2.24, 2.45) is 5.84 Å². The summed E-state index contributed by atoms with van der Waals surface area (Å²) in [5.41, 5.74) is 4.19. The third-order valence-corrected chi connectivity index (χ3v) is 3.36. The van der Waals surface area contributed by atoms with Gasteiger partial charge in [0.2, 0.25) is 0 Å². The summed E-state index contributed by atoms with van der Waals surface area (Å²) in [6, 6.07) is 5.24. The van der Waals surface area contributed by atoms with Crippen LogP contribution in [0.25, 0.3) is 0 Å². The molecular formula is C14H17Cl2N5. The summed E-state index contributed by atoms with van der Waals surface area (Å²) >= 11 is 12.0. The lowest BCUT2D eigenvalue weighted by Crippen LogP contribution is -2.14. The molecule has 0 radical (unpaired) electrons. The van der Waals surface area contributed by atoms with E-state index in [-0.39, 0.29) is 0 Å². The largest absolute Gasteiger partial charge is 0.340 e. The fourth-order valence-electron chi connectivity index (χ4n) is 1.92. The molecule has 0 amide bonds. The van der Waals surface area contributed by atoms with Crippen LogP contribution in [0, 0.1) is 6.92 Å². The third-order valence-electron chi connectivity index (χ3n) is 2.93. The van der Waals surface area contributed by atoms with E-state index in [9.17, 15) is 0 Å². The van der Waals surface area contributed by atoms with Gasteiger partial charge >= 0.3 is 0 Å². The number of aromatic nitrogens is 2. The van der Waals surface area contributed by atoms with Crippen LogP contribution in [0.4, 0.5) is 17.3 Å². The molecule has 7 heteroatoms. The molecule has 0 atom stereocenters. The van der Waals surface area contributed by atoms with Crippen LogP contribution >= 0.6 is 23.2 Å². The Labute approximate surface area is 133 Å². The minimum absolute atomic E-state index is 0.558. The minimum atomic E-state index is 0.558. The van der Waals surface area contributed by atoms with Crippen molar-refractivity contribution in [3.8, 4) is 0 Å². The fraction of sp³-hybridized carbons (Fsp3) is 0.286. The van der Waals surface area contributed by atoms with Crippen molar-refractivity contribution in [1.82, 2.24) is 9.97 Å². The van der Waals surface area contributed by atoms with E-state index in [1.807, 2.05) is 6.92 Å². The number of nitrogen functional groups attached to an aromatic ring is 1. The summed E-state index contributed by atoms with van der Waals surface area (Å²) in [5.74, 6) is 7.53. The maximum absolute atomic E-state index is 6.01. The molecule has 0 unspecified atom stereocenters. The lowest BCUT2D eigenvalue weighted by atomic mass is 10.2. The second-order valence-corrected chi connectivity index (χ2v) is 5.51. The van der Waals surface area contributed by atoms with Gasteiger partial charge in [0.05, 0.1) is 0 Å². The van der Waals surface area contributed by atoms with E-state index in [0.717, 1.165) is 29.9 Å². The number of hydrazine groups is 1. The number of nitrogens with zero attached hydrogens (tertiary/aromatic N) is 2. The number of nitrogens with two attached hydrogens (primary N) is 1. The van der Waals surface area contributed by atoms with Crippen molar-refractivity contribution in [2.45, 2.75) is 26.7 Å². The molecule has 1 heterocycles. The van der Waals surface area contributed by atoms with Gasteiger partial charge in [-0.05, 0) is 31.5 Å². The van der Waals surface area contributed by atoms with E-state index < -0.39 is 0 Å². The molecule has 1 aromatic heterocycles. The Morgan fingerprint density at radius 1 is 1.10 bits per heavy atom. The predicted octanol–water partition coefficient (Wildman–Crippen LogP) is 4.07. The summed E-state index contributed by atoms with van der Waals surface area (Å²) in [6.45, 7) is 3.96. The molecule has 2 aromatic rings. The van der Waals surface area contributed by atoms with Crippen molar-refractivity contribution in [2.75, 3.05) is 10.7 Å². The molecule has 4 N–H and O–H groups in total. The summed E-state index contributed by atoms with van der Waals surface area (Å²) < 4.78 is 0. The normalized spacial score (nSPS) is 10.5. The fourth-order valence-corrected chi connectivity index (χ4v) is 2.45. The molecule has 0 spiro atoms. The van der Waals surface area contributed by atoms with Gasteiger partial charge in [-0.25, -0.2) is 15.8 Å². The molecule has 0 aliphatic rings. The maximum Gasteiger partial charge on any atom is 0.148 e. The molecule has 5 nitrogen and oxygen atoms in total. The van der Waals surface area contributed by atoms with Crippen molar-refractivity contribution in [3.63, 3.8) is 0 Å². The van der Waals surface area contributed by atoms with Crippen LogP contribution in [0.1, 0.15) is 24.7 Å². The number of rotatable bonds is 5. The van der Waals surface area contributed by atoms with Gasteiger partial charge in [0.15, 0.2) is 0 Å².